The molecule has 0 aromatic heterocycles. The average Bonchev–Trinajstić information content (AvgIpc) is 2.81. The van der Waals surface area contributed by atoms with E-state index in [4.69, 9.17) is 5.73 Å². The van der Waals surface area contributed by atoms with E-state index in [0.717, 1.165) is 64.3 Å². The summed E-state index contributed by atoms with van der Waals surface area (Å²) in [5.41, 5.74) is 7.38. The van der Waals surface area contributed by atoms with Gasteiger partial charge in [0.15, 0.2) is 0 Å². The third kappa shape index (κ3) is 11.7. The number of carboxylic acid groups (broad SMARTS) is 1. The van der Waals surface area contributed by atoms with E-state index in [1.807, 2.05) is 31.2 Å². The maximum absolute atomic E-state index is 12.6. The van der Waals surface area contributed by atoms with Crippen LogP contribution in [0.3, 0.4) is 0 Å². The van der Waals surface area contributed by atoms with Gasteiger partial charge in [0.2, 0.25) is 10.0 Å². The Bertz CT molecular complexity index is 872. The van der Waals surface area contributed by atoms with Crippen LogP contribution >= 0.6 is 12.4 Å². The van der Waals surface area contributed by atoms with Crippen LogP contribution in [0.2, 0.25) is 0 Å². The summed E-state index contributed by atoms with van der Waals surface area (Å²) in [5.74, 6) is -1.17. The summed E-state index contributed by atoms with van der Waals surface area (Å²) in [5, 5.41) is 12.6. The number of sulfonamides is 1. The number of nitrogens with one attached hydrogen (secondary N) is 2. The van der Waals surface area contributed by atoms with Gasteiger partial charge in [-0.05, 0) is 87.9 Å². The van der Waals surface area contributed by atoms with Gasteiger partial charge in [-0.1, -0.05) is 31.9 Å². The molecule has 0 spiro atoms. The molecule has 35 heavy (non-hydrogen) atoms. The second-order valence-electron chi connectivity index (χ2n) is 9.40. The van der Waals surface area contributed by atoms with Gasteiger partial charge in [0.1, 0.15) is 6.04 Å². The molecule has 1 fully saturated rings. The summed E-state index contributed by atoms with van der Waals surface area (Å²) in [7, 11) is -3.60. The topological polar surface area (TPSA) is 139 Å². The van der Waals surface area contributed by atoms with Gasteiger partial charge in [-0.2, -0.15) is 0 Å². The molecule has 0 radical (unpaired) electrons. The molecule has 1 saturated carbocycles. The van der Waals surface area contributed by atoms with Crippen molar-refractivity contribution in [2.45, 2.75) is 89.6 Å². The highest BCUT2D eigenvalue weighted by atomic mass is 35.5. The fourth-order valence-electron chi connectivity index (χ4n) is 4.43. The standard InChI is InChI=1S/C25H41N3O5S.ClH/c1-2-3-17-34(32,33)28-23(25(30)31)18-20-10-14-22(15-11-20)27-24(29)21-12-8-19(9-13-21)7-5-4-6-16-26;/h8-9,12-13,20,22-23,28H,2-7,10-11,14-18,26H2,1H3,(H,27,29)(H,30,31);1H/t20-,22-,23?;. The van der Waals surface area contributed by atoms with Crippen LogP contribution in [0.25, 0.3) is 0 Å². The Morgan fingerprint density at radius 1 is 1.06 bits per heavy atom. The van der Waals surface area contributed by atoms with Gasteiger partial charge in [0.05, 0.1) is 5.75 Å². The molecule has 0 saturated heterocycles. The number of halogens is 1. The van der Waals surface area contributed by atoms with Crippen molar-refractivity contribution >= 4 is 34.3 Å². The summed E-state index contributed by atoms with van der Waals surface area (Å²) in [4.78, 5) is 24.2. The Kier molecular flexibility index (Phi) is 14.5. The highest BCUT2D eigenvalue weighted by Crippen LogP contribution is 2.28. The molecule has 0 heterocycles. The molecular weight excluding hydrogens is 490 g/mol. The van der Waals surface area contributed by atoms with E-state index in [-0.39, 0.29) is 42.4 Å². The number of nitrogens with two attached hydrogens (primary N) is 1. The van der Waals surface area contributed by atoms with Crippen LogP contribution in [0.15, 0.2) is 24.3 Å². The number of hydrogen-bond donors (Lipinski definition) is 4. The molecule has 1 unspecified atom stereocenters. The summed E-state index contributed by atoms with van der Waals surface area (Å²) in [6, 6.07) is 6.67. The zero-order valence-corrected chi connectivity index (χ0v) is 22.3. The van der Waals surface area contributed by atoms with Crippen LogP contribution in [-0.2, 0) is 21.2 Å². The first-order valence-electron chi connectivity index (χ1n) is 12.6. The first kappa shape index (κ1) is 31.4. The molecular formula is C25H42ClN3O5S. The predicted octanol–water partition coefficient (Wildman–Crippen LogP) is 3.63. The lowest BCUT2D eigenvalue weighted by Crippen LogP contribution is -2.44. The lowest BCUT2D eigenvalue weighted by atomic mass is 9.82. The summed E-state index contributed by atoms with van der Waals surface area (Å²) in [6.45, 7) is 2.61. The van der Waals surface area contributed by atoms with E-state index >= 15 is 0 Å². The number of aryl methyl sites for hydroxylation is 1. The molecule has 1 atom stereocenters. The average molecular weight is 532 g/mol. The number of carbonyl (C=O) groups excluding carboxylic acids is 1. The van der Waals surface area contributed by atoms with Crippen LogP contribution in [0.4, 0.5) is 0 Å². The third-order valence-electron chi connectivity index (χ3n) is 6.52. The maximum atomic E-state index is 12.6. The lowest BCUT2D eigenvalue weighted by molar-refractivity contribution is -0.139. The highest BCUT2D eigenvalue weighted by Gasteiger charge is 2.30. The number of rotatable bonds is 15. The van der Waals surface area contributed by atoms with Crippen LogP contribution in [-0.4, -0.2) is 49.8 Å². The number of carbonyl (C=O) groups is 2. The van der Waals surface area contributed by atoms with Crippen molar-refractivity contribution in [3.05, 3.63) is 35.4 Å². The Labute approximate surface area is 216 Å². The summed E-state index contributed by atoms with van der Waals surface area (Å²) < 4.78 is 26.6. The molecule has 0 aliphatic heterocycles. The number of hydrogen-bond acceptors (Lipinski definition) is 5. The normalized spacial score (nSPS) is 18.9. The highest BCUT2D eigenvalue weighted by molar-refractivity contribution is 7.89. The van der Waals surface area contributed by atoms with E-state index in [2.05, 4.69) is 10.0 Å². The molecule has 2 rings (SSSR count). The first-order valence-corrected chi connectivity index (χ1v) is 14.2. The van der Waals surface area contributed by atoms with E-state index in [1.165, 1.54) is 5.56 Å². The number of benzene rings is 1. The smallest absolute Gasteiger partial charge is 0.321 e. The van der Waals surface area contributed by atoms with Gasteiger partial charge in [-0.3, -0.25) is 9.59 Å². The molecule has 200 valence electrons. The molecule has 1 aromatic rings. The SMILES string of the molecule is CCCCS(=O)(=O)NC(C[C@H]1CC[C@H](NC(=O)c2ccc(CCCCCN)cc2)CC1)C(=O)O.Cl. The second-order valence-corrected chi connectivity index (χ2v) is 11.3. The quantitative estimate of drug-likeness (QED) is 0.255. The number of amides is 1. The molecule has 5 N–H and O–H groups in total. The minimum absolute atomic E-state index is 0. The number of aliphatic carboxylic acids is 1. The van der Waals surface area contributed by atoms with Gasteiger partial charge < -0.3 is 16.2 Å². The van der Waals surface area contributed by atoms with Crippen molar-refractivity contribution in [3.63, 3.8) is 0 Å². The molecule has 0 bridgehead atoms. The molecule has 8 nitrogen and oxygen atoms in total. The maximum Gasteiger partial charge on any atom is 0.321 e. The van der Waals surface area contributed by atoms with Crippen molar-refractivity contribution in [2.24, 2.45) is 11.7 Å². The summed E-state index contributed by atoms with van der Waals surface area (Å²) in [6.07, 6.45) is 8.75. The van der Waals surface area contributed by atoms with Gasteiger partial charge in [-0.25, -0.2) is 13.1 Å². The minimum Gasteiger partial charge on any atom is -0.480 e. The monoisotopic (exact) mass is 531 g/mol. The second kappa shape index (κ2) is 16.1. The largest absolute Gasteiger partial charge is 0.480 e. The van der Waals surface area contributed by atoms with E-state index in [9.17, 15) is 23.1 Å². The van der Waals surface area contributed by atoms with Crippen molar-refractivity contribution in [1.29, 1.82) is 0 Å². The molecule has 1 aliphatic carbocycles. The number of unbranched alkanes of at least 4 members (excludes halogenated alkanes) is 3. The van der Waals surface area contributed by atoms with Gasteiger partial charge >= 0.3 is 5.97 Å². The molecule has 1 aliphatic rings. The van der Waals surface area contributed by atoms with Gasteiger partial charge in [0, 0.05) is 11.6 Å². The Balaban J connectivity index is 0.00000612. The molecule has 1 aromatic carbocycles. The fraction of sp³-hybridized carbons (Fsp3) is 0.680. The molecule has 1 amide bonds. The minimum atomic E-state index is -3.60. The Hall–Kier alpha value is -1.68. The Morgan fingerprint density at radius 3 is 2.29 bits per heavy atom. The van der Waals surface area contributed by atoms with Gasteiger partial charge in [0.25, 0.3) is 5.91 Å². The zero-order chi connectivity index (χ0) is 25.0. The lowest BCUT2D eigenvalue weighted by Gasteiger charge is -2.30. The fourth-order valence-corrected chi connectivity index (χ4v) is 5.84. The van der Waals surface area contributed by atoms with Crippen molar-refractivity contribution in [3.8, 4) is 0 Å². The number of carboxylic acids is 1. The molecule has 10 heteroatoms. The Morgan fingerprint density at radius 2 is 1.71 bits per heavy atom. The van der Waals surface area contributed by atoms with Crippen LogP contribution in [0, 0.1) is 5.92 Å². The predicted molar refractivity (Wildman–Crippen MR) is 141 cm³/mol. The van der Waals surface area contributed by atoms with Crippen molar-refractivity contribution in [2.75, 3.05) is 12.3 Å². The van der Waals surface area contributed by atoms with Crippen molar-refractivity contribution < 1.29 is 23.1 Å². The third-order valence-corrected chi connectivity index (χ3v) is 7.99. The van der Waals surface area contributed by atoms with Crippen molar-refractivity contribution in [1.82, 2.24) is 10.0 Å². The van der Waals surface area contributed by atoms with Gasteiger partial charge in [-0.15, -0.1) is 12.4 Å². The van der Waals surface area contributed by atoms with E-state index < -0.39 is 22.0 Å². The zero-order valence-electron chi connectivity index (χ0n) is 20.7. The van der Waals surface area contributed by atoms with E-state index in [1.54, 1.807) is 0 Å². The van der Waals surface area contributed by atoms with E-state index in [0.29, 0.717) is 12.0 Å². The van der Waals surface area contributed by atoms with Crippen LogP contribution in [0.5, 0.6) is 0 Å². The first-order chi connectivity index (χ1) is 16.2. The summed E-state index contributed by atoms with van der Waals surface area (Å²) >= 11 is 0. The van der Waals surface area contributed by atoms with Crippen LogP contribution in [0.1, 0.15) is 87.1 Å². The van der Waals surface area contributed by atoms with Crippen LogP contribution < -0.4 is 15.8 Å².